The molecule has 11 aromatic rings. The molecule has 0 bridgehead atoms. The van der Waals surface area contributed by atoms with Gasteiger partial charge >= 0.3 is 0 Å². The van der Waals surface area contributed by atoms with Gasteiger partial charge in [0.25, 0.3) is 0 Å². The Morgan fingerprint density at radius 3 is 1.87 bits per heavy atom. The second-order valence-corrected chi connectivity index (χ2v) is 17.0. The molecule has 0 saturated carbocycles. The summed E-state index contributed by atoms with van der Waals surface area (Å²) in [5, 5.41) is 5.23. The van der Waals surface area contributed by atoms with Gasteiger partial charge in [-0.05, 0) is 89.8 Å². The third kappa shape index (κ3) is 5.26. The highest BCUT2D eigenvalue weighted by atomic mass is 16.5. The largest absolute Gasteiger partial charge is 0.457 e. The van der Waals surface area contributed by atoms with Gasteiger partial charge in [-0.1, -0.05) is 87.5 Å². The Kier molecular flexibility index (Phi) is 6.32. The van der Waals surface area contributed by atoms with E-state index in [1.807, 2.05) is 134 Å². The fourth-order valence-corrected chi connectivity index (χ4v) is 9.54. The number of anilines is 4. The van der Waals surface area contributed by atoms with Crippen LogP contribution >= 0.6 is 0 Å². The molecule has 12 rings (SSSR count). The summed E-state index contributed by atoms with van der Waals surface area (Å²) in [6, 6.07) is 51.7. The second kappa shape index (κ2) is 13.0. The Labute approximate surface area is 362 Å². The number of aromatic nitrogens is 4. The molecule has 1 aliphatic rings. The first-order valence-corrected chi connectivity index (χ1v) is 20.6. The first-order valence-electron chi connectivity index (χ1n) is 23.6. The lowest BCUT2D eigenvalue weighted by Crippen LogP contribution is -2.25. The number of fused-ring (bicyclic) bond motifs is 10. The van der Waals surface area contributed by atoms with Crippen molar-refractivity contribution in [2.24, 2.45) is 14.0 Å². The highest BCUT2D eigenvalue weighted by Crippen LogP contribution is 2.51. The standard InChI is InChI=1S/C54H44N6O/c1-54(2,3)34-24-27-46-41(29-34)40-26-25-37(31-49(40)60(46)50-23-12-13-28-55-50)61-36-16-14-15-35(30-36)58-33-59(48-22-11-10-21-47(48)58)53-51-42(38-17-6-8-19-44(38)56(51)4)32-43-39-18-7-9-20-45(39)57(5)52(43)53/h6-32H,33H2,1-5H3/i4D3,5D3. The maximum atomic E-state index is 8.94. The monoisotopic (exact) mass is 798 g/mol. The predicted octanol–water partition coefficient (Wildman–Crippen LogP) is 13.8. The van der Waals surface area contributed by atoms with Crippen LogP contribution in [-0.2, 0) is 19.4 Å². The average Bonchev–Trinajstić information content (AvgIpc) is 4.05. The highest BCUT2D eigenvalue weighted by molar-refractivity contribution is 6.25. The SMILES string of the molecule is [2H]C([2H])([2H])n1c2ccccc2c2cc3c4ccccc4n(C([2H])([2H])[2H])c3c(N3CN(c4cccc(Oc5ccc6c7cc(C(C)(C)C)ccc7n(-c7ccccn7)c6c5)c4)c4ccccc43)c21. The minimum atomic E-state index is -2.60. The summed E-state index contributed by atoms with van der Waals surface area (Å²) < 4.78 is 65.4. The zero-order valence-corrected chi connectivity index (χ0v) is 33.9. The molecule has 0 N–H and O–H groups in total. The fourth-order valence-electron chi connectivity index (χ4n) is 9.54. The lowest BCUT2D eigenvalue weighted by Gasteiger charge is -2.25. The van der Waals surface area contributed by atoms with Gasteiger partial charge in [0.1, 0.15) is 24.0 Å². The lowest BCUT2D eigenvalue weighted by atomic mass is 9.86. The summed E-state index contributed by atoms with van der Waals surface area (Å²) >= 11 is 0. The van der Waals surface area contributed by atoms with Crippen molar-refractivity contribution in [3.63, 3.8) is 0 Å². The third-order valence-corrected chi connectivity index (χ3v) is 12.4. The van der Waals surface area contributed by atoms with Gasteiger partial charge < -0.3 is 23.7 Å². The summed E-state index contributed by atoms with van der Waals surface area (Å²) in [7, 11) is 0. The van der Waals surface area contributed by atoms with Crippen LogP contribution in [0.15, 0.2) is 164 Å². The van der Waals surface area contributed by atoms with Crippen LogP contribution in [0.1, 0.15) is 34.6 Å². The summed E-state index contributed by atoms with van der Waals surface area (Å²) in [6.45, 7) is 1.72. The van der Waals surface area contributed by atoms with E-state index in [-0.39, 0.29) is 12.1 Å². The molecule has 0 unspecified atom stereocenters. The van der Waals surface area contributed by atoms with E-state index in [9.17, 15) is 0 Å². The van der Waals surface area contributed by atoms with Gasteiger partial charge in [0.2, 0.25) is 0 Å². The summed E-state index contributed by atoms with van der Waals surface area (Å²) in [5.41, 5.74) is 8.21. The van der Waals surface area contributed by atoms with Gasteiger partial charge in [0.15, 0.2) is 0 Å². The maximum absolute atomic E-state index is 8.94. The van der Waals surface area contributed by atoms with E-state index in [1.165, 1.54) is 14.7 Å². The number of rotatable bonds is 5. The van der Waals surface area contributed by atoms with E-state index in [4.69, 9.17) is 17.9 Å². The van der Waals surface area contributed by atoms with Crippen molar-refractivity contribution < 1.29 is 13.0 Å². The van der Waals surface area contributed by atoms with Gasteiger partial charge in [-0.2, -0.15) is 0 Å². The van der Waals surface area contributed by atoms with Crippen LogP contribution in [0, 0.1) is 0 Å². The van der Waals surface area contributed by atoms with Gasteiger partial charge in [-0.15, -0.1) is 0 Å². The van der Waals surface area contributed by atoms with Crippen molar-refractivity contribution in [3.05, 3.63) is 169 Å². The van der Waals surface area contributed by atoms with E-state index in [1.54, 1.807) is 0 Å². The molecule has 0 atom stereocenters. The molecule has 5 heterocycles. The fraction of sp³-hybridized carbons (Fsp3) is 0.130. The number of pyridine rings is 1. The van der Waals surface area contributed by atoms with Crippen molar-refractivity contribution in [2.45, 2.75) is 26.2 Å². The third-order valence-electron chi connectivity index (χ3n) is 12.4. The maximum Gasteiger partial charge on any atom is 0.137 e. The molecular formula is C54H44N6O. The molecular weight excluding hydrogens is 749 g/mol. The van der Waals surface area contributed by atoms with Crippen LogP contribution in [0.4, 0.5) is 22.7 Å². The molecule has 0 amide bonds. The number of hydrogen-bond donors (Lipinski definition) is 0. The van der Waals surface area contributed by atoms with E-state index < -0.39 is 14.0 Å². The van der Waals surface area contributed by atoms with E-state index >= 15 is 0 Å². The minimum Gasteiger partial charge on any atom is -0.457 e. The Hall–Kier alpha value is -7.51. The normalized spacial score (nSPS) is 15.1. The second-order valence-electron chi connectivity index (χ2n) is 17.0. The number of benzene rings is 7. The lowest BCUT2D eigenvalue weighted by molar-refractivity contribution is 0.483. The minimum absolute atomic E-state index is 0.0242. The quantitative estimate of drug-likeness (QED) is 0.174. The number of aryl methyl sites for hydroxylation is 2. The van der Waals surface area contributed by atoms with Crippen LogP contribution in [0.25, 0.3) is 71.2 Å². The topological polar surface area (TPSA) is 43.4 Å². The molecule has 7 aromatic carbocycles. The Morgan fingerprint density at radius 1 is 0.525 bits per heavy atom. The van der Waals surface area contributed by atoms with E-state index in [0.717, 1.165) is 66.2 Å². The Balaban J connectivity index is 1.01. The van der Waals surface area contributed by atoms with Gasteiger partial charge in [-0.25, -0.2) is 4.98 Å². The zero-order valence-electron chi connectivity index (χ0n) is 39.9. The summed E-state index contributed by atoms with van der Waals surface area (Å²) in [6.07, 6.45) is 1.81. The first kappa shape index (κ1) is 29.7. The molecule has 4 aromatic heterocycles. The number of ether oxygens (including phenoxy) is 1. The Bertz CT molecular complexity index is 3700. The molecule has 7 heteroatoms. The molecule has 0 radical (unpaired) electrons. The van der Waals surface area contributed by atoms with Gasteiger partial charge in [0, 0.05) is 89.5 Å². The van der Waals surface area contributed by atoms with Crippen LogP contribution in [-0.4, -0.2) is 25.4 Å². The molecule has 1 aliphatic heterocycles. The van der Waals surface area contributed by atoms with Crippen molar-refractivity contribution in [2.75, 3.05) is 16.5 Å². The summed E-state index contributed by atoms with van der Waals surface area (Å²) in [4.78, 5) is 8.99. The van der Waals surface area contributed by atoms with Crippen molar-refractivity contribution in [3.8, 4) is 17.3 Å². The van der Waals surface area contributed by atoms with Crippen LogP contribution in [0.3, 0.4) is 0 Å². The number of hydrogen-bond acceptors (Lipinski definition) is 4. The predicted molar refractivity (Wildman–Crippen MR) is 254 cm³/mol. The molecule has 0 spiro atoms. The molecule has 61 heavy (non-hydrogen) atoms. The highest BCUT2D eigenvalue weighted by Gasteiger charge is 2.33. The van der Waals surface area contributed by atoms with Crippen LogP contribution in [0.2, 0.25) is 0 Å². The average molecular weight is 799 g/mol. The summed E-state index contributed by atoms with van der Waals surface area (Å²) in [5.74, 6) is 2.10. The van der Waals surface area contributed by atoms with Gasteiger partial charge in [0.05, 0.1) is 39.1 Å². The number of nitrogens with zero attached hydrogens (tertiary/aromatic N) is 6. The zero-order chi connectivity index (χ0) is 46.1. The van der Waals surface area contributed by atoms with Gasteiger partial charge in [-0.3, -0.25) is 4.57 Å². The van der Waals surface area contributed by atoms with Crippen molar-refractivity contribution >= 4 is 88.2 Å². The van der Waals surface area contributed by atoms with Crippen LogP contribution in [0.5, 0.6) is 11.5 Å². The number of para-hydroxylation sites is 4. The van der Waals surface area contributed by atoms with Crippen LogP contribution < -0.4 is 14.5 Å². The molecule has 0 fully saturated rings. The van der Waals surface area contributed by atoms with Crippen molar-refractivity contribution in [1.82, 2.24) is 18.7 Å². The van der Waals surface area contributed by atoms with E-state index in [0.29, 0.717) is 39.3 Å². The van der Waals surface area contributed by atoms with Crippen molar-refractivity contribution in [1.29, 1.82) is 0 Å². The Morgan fingerprint density at radius 2 is 1.18 bits per heavy atom. The molecule has 7 nitrogen and oxygen atoms in total. The smallest absolute Gasteiger partial charge is 0.137 e. The first-order chi connectivity index (χ1) is 32.1. The van der Waals surface area contributed by atoms with E-state index in [2.05, 4.69) is 65.5 Å². The molecule has 0 aliphatic carbocycles. The molecule has 0 saturated heterocycles. The molecule has 296 valence electrons.